The number of aliphatic hydroxyl groups is 1. The highest BCUT2D eigenvalue weighted by molar-refractivity contribution is 5.82. The molecule has 7 aliphatic rings. The molecule has 6 heteroatoms. The van der Waals surface area contributed by atoms with E-state index in [4.69, 9.17) is 9.47 Å². The molecule has 1 amide bonds. The minimum Gasteiger partial charge on any atom is -0.493 e. The molecule has 1 saturated heterocycles. The number of methoxy groups -OCH3 is 1. The van der Waals surface area contributed by atoms with E-state index in [2.05, 4.69) is 22.4 Å². The average molecular weight is 499 g/mol. The molecule has 2 N–H and O–H groups in total. The molecule has 3 fully saturated rings. The first-order chi connectivity index (χ1) is 18.0. The van der Waals surface area contributed by atoms with Gasteiger partial charge in [0, 0.05) is 30.1 Å². The summed E-state index contributed by atoms with van der Waals surface area (Å²) in [5.74, 6) is 1.66. The summed E-state index contributed by atoms with van der Waals surface area (Å²) in [5.41, 5.74) is 1.65. The Morgan fingerprint density at radius 2 is 2.03 bits per heavy atom. The zero-order valence-electron chi connectivity index (χ0n) is 21.3. The number of ether oxygens (including phenoxy) is 2. The third-order valence-electron chi connectivity index (χ3n) is 10.6. The predicted octanol–water partition coefficient (Wildman–Crippen LogP) is 3.36. The van der Waals surface area contributed by atoms with E-state index in [-0.39, 0.29) is 16.7 Å². The molecular weight excluding hydrogens is 464 g/mol. The molecule has 2 heterocycles. The number of fused-ring (bicyclic) bond motifs is 1. The fourth-order valence-electron chi connectivity index (χ4n) is 8.84. The third-order valence-corrected chi connectivity index (χ3v) is 10.6. The summed E-state index contributed by atoms with van der Waals surface area (Å²) >= 11 is 0. The molecule has 6 nitrogen and oxygen atoms in total. The highest BCUT2D eigenvalue weighted by Gasteiger charge is 2.79. The van der Waals surface area contributed by atoms with Crippen LogP contribution in [0.4, 0.5) is 0 Å². The third kappa shape index (κ3) is 2.70. The van der Waals surface area contributed by atoms with Gasteiger partial charge in [-0.1, -0.05) is 48.6 Å². The maximum absolute atomic E-state index is 13.8. The Kier molecular flexibility index (Phi) is 4.43. The van der Waals surface area contributed by atoms with Crippen LogP contribution in [-0.2, 0) is 23.2 Å². The molecule has 4 bridgehead atoms. The molecule has 2 aromatic rings. The van der Waals surface area contributed by atoms with E-state index < -0.39 is 17.6 Å². The maximum atomic E-state index is 13.8. The first-order valence-electron chi connectivity index (χ1n) is 13.9. The van der Waals surface area contributed by atoms with Crippen LogP contribution >= 0.6 is 0 Å². The minimum absolute atomic E-state index is 0.0888. The van der Waals surface area contributed by atoms with Crippen molar-refractivity contribution in [3.05, 3.63) is 71.3 Å². The fourth-order valence-corrected chi connectivity index (χ4v) is 8.84. The van der Waals surface area contributed by atoms with Crippen molar-refractivity contribution in [3.8, 4) is 11.5 Å². The summed E-state index contributed by atoms with van der Waals surface area (Å²) in [7, 11) is 1.68. The standard InChI is InChI=1S/C31H34N2O4/c1-36-23-10-9-21-15-24-29-11-12-31(35,22(16-29)27(34)32-17-19-5-3-2-4-6-19)28-30(29,25(21)26(23)37-28)13-14-33(24)18-20-7-8-20/h2-6,9-12,20,22,24,28,35H,7-8,13-18H2,1H3,(H,32,34)/t22-,24?,28?,29?,30?,31?/m1/s1. The summed E-state index contributed by atoms with van der Waals surface area (Å²) in [5, 5.41) is 15.5. The van der Waals surface area contributed by atoms with E-state index in [1.807, 2.05) is 42.5 Å². The number of rotatable bonds is 6. The monoisotopic (exact) mass is 498 g/mol. The van der Waals surface area contributed by atoms with Crippen LogP contribution in [0.1, 0.15) is 42.4 Å². The Morgan fingerprint density at radius 1 is 1.19 bits per heavy atom. The molecule has 9 rings (SSSR count). The number of nitrogens with zero attached hydrogens (tertiary/aromatic N) is 1. The Labute approximate surface area is 217 Å². The van der Waals surface area contributed by atoms with Crippen molar-refractivity contribution in [2.24, 2.45) is 17.3 Å². The molecule has 5 unspecified atom stereocenters. The Bertz CT molecular complexity index is 1320. The van der Waals surface area contributed by atoms with Gasteiger partial charge in [0.15, 0.2) is 11.5 Å². The van der Waals surface area contributed by atoms with Gasteiger partial charge in [-0.05, 0) is 61.8 Å². The van der Waals surface area contributed by atoms with E-state index in [1.54, 1.807) is 7.11 Å². The Morgan fingerprint density at radius 3 is 2.81 bits per heavy atom. The van der Waals surface area contributed by atoms with Crippen LogP contribution < -0.4 is 14.8 Å². The van der Waals surface area contributed by atoms with Crippen molar-refractivity contribution < 1.29 is 19.4 Å². The van der Waals surface area contributed by atoms with Gasteiger partial charge in [0.25, 0.3) is 0 Å². The van der Waals surface area contributed by atoms with E-state index in [0.29, 0.717) is 19.0 Å². The van der Waals surface area contributed by atoms with Gasteiger partial charge in [0.05, 0.1) is 18.4 Å². The number of likely N-dealkylation sites (tertiary alicyclic amines) is 1. The van der Waals surface area contributed by atoms with E-state index in [0.717, 1.165) is 48.9 Å². The number of hydrogen-bond acceptors (Lipinski definition) is 5. The first kappa shape index (κ1) is 22.2. The van der Waals surface area contributed by atoms with Crippen molar-refractivity contribution >= 4 is 5.91 Å². The van der Waals surface area contributed by atoms with Gasteiger partial charge in [-0.25, -0.2) is 0 Å². The van der Waals surface area contributed by atoms with Crippen molar-refractivity contribution in [2.75, 3.05) is 20.2 Å². The van der Waals surface area contributed by atoms with Crippen LogP contribution in [0.2, 0.25) is 0 Å². The van der Waals surface area contributed by atoms with Gasteiger partial charge in [-0.2, -0.15) is 0 Å². The van der Waals surface area contributed by atoms with Crippen molar-refractivity contribution in [1.82, 2.24) is 10.2 Å². The molecule has 37 heavy (non-hydrogen) atoms. The predicted molar refractivity (Wildman–Crippen MR) is 138 cm³/mol. The topological polar surface area (TPSA) is 71.0 Å². The van der Waals surface area contributed by atoms with Crippen LogP contribution in [0.25, 0.3) is 0 Å². The maximum Gasteiger partial charge on any atom is 0.226 e. The summed E-state index contributed by atoms with van der Waals surface area (Å²) < 4.78 is 12.5. The molecule has 2 saturated carbocycles. The second kappa shape index (κ2) is 7.39. The zero-order valence-corrected chi connectivity index (χ0v) is 21.3. The number of benzene rings is 2. The number of hydrogen-bond donors (Lipinski definition) is 2. The van der Waals surface area contributed by atoms with Gasteiger partial charge in [-0.3, -0.25) is 9.69 Å². The minimum atomic E-state index is -1.37. The number of nitrogens with one attached hydrogen (secondary N) is 1. The summed E-state index contributed by atoms with van der Waals surface area (Å²) in [6, 6.07) is 14.5. The van der Waals surface area contributed by atoms with Crippen molar-refractivity contribution in [1.29, 1.82) is 0 Å². The van der Waals surface area contributed by atoms with Crippen LogP contribution in [-0.4, -0.2) is 53.9 Å². The number of amides is 1. The summed E-state index contributed by atoms with van der Waals surface area (Å²) in [4.78, 5) is 16.5. The molecule has 192 valence electrons. The van der Waals surface area contributed by atoms with Crippen molar-refractivity contribution in [2.45, 2.75) is 61.8 Å². The number of carbonyl (C=O) groups is 1. The normalized spacial score (nSPS) is 38.2. The summed E-state index contributed by atoms with van der Waals surface area (Å²) in [6.07, 6.45) is 8.90. The molecular formula is C31H34N2O4. The first-order valence-corrected chi connectivity index (χ1v) is 13.9. The largest absolute Gasteiger partial charge is 0.493 e. The summed E-state index contributed by atoms with van der Waals surface area (Å²) in [6.45, 7) is 2.60. The molecule has 0 aromatic heterocycles. The highest BCUT2D eigenvalue weighted by Crippen LogP contribution is 2.74. The lowest BCUT2D eigenvalue weighted by Crippen LogP contribution is -2.79. The quantitative estimate of drug-likeness (QED) is 0.598. The van der Waals surface area contributed by atoms with E-state index >= 15 is 0 Å². The molecule has 0 radical (unpaired) electrons. The Hall–Kier alpha value is -2.83. The highest BCUT2D eigenvalue weighted by atomic mass is 16.5. The van der Waals surface area contributed by atoms with Gasteiger partial charge in [-0.15, -0.1) is 0 Å². The lowest BCUT2D eigenvalue weighted by atomic mass is 9.37. The lowest BCUT2D eigenvalue weighted by molar-refractivity contribution is -0.206. The van der Waals surface area contributed by atoms with Gasteiger partial charge >= 0.3 is 0 Å². The molecule has 2 aliphatic heterocycles. The molecule has 2 aromatic carbocycles. The van der Waals surface area contributed by atoms with Crippen LogP contribution in [0.3, 0.4) is 0 Å². The molecule has 5 aliphatic carbocycles. The second-order valence-electron chi connectivity index (χ2n) is 12.2. The van der Waals surface area contributed by atoms with Crippen LogP contribution in [0, 0.1) is 17.3 Å². The second-order valence-corrected chi connectivity index (χ2v) is 12.2. The zero-order chi connectivity index (χ0) is 25.0. The van der Waals surface area contributed by atoms with Gasteiger partial charge in [0.1, 0.15) is 11.7 Å². The van der Waals surface area contributed by atoms with Crippen LogP contribution in [0.15, 0.2) is 54.6 Å². The fraction of sp³-hybridized carbons (Fsp3) is 0.516. The number of piperidine rings is 1. The van der Waals surface area contributed by atoms with E-state index in [1.165, 1.54) is 24.0 Å². The van der Waals surface area contributed by atoms with Gasteiger partial charge < -0.3 is 19.9 Å². The molecule has 2 spiro atoms. The lowest BCUT2D eigenvalue weighted by Gasteiger charge is -2.70. The Balaban J connectivity index is 1.24. The van der Waals surface area contributed by atoms with E-state index in [9.17, 15) is 9.90 Å². The van der Waals surface area contributed by atoms with Crippen LogP contribution in [0.5, 0.6) is 11.5 Å². The smallest absolute Gasteiger partial charge is 0.226 e. The average Bonchev–Trinajstić information content (AvgIpc) is 3.66. The SMILES string of the molecule is COc1ccc2c3c1OC1C4(O)C=CC5(C[C@@H]4C(=O)NCc4ccccc4)C(C2)N(CC2CC2)CCC315. The van der Waals surface area contributed by atoms with Gasteiger partial charge in [0.2, 0.25) is 5.91 Å². The molecule has 6 atom stereocenters. The van der Waals surface area contributed by atoms with Crippen molar-refractivity contribution in [3.63, 3.8) is 0 Å². The number of carbonyl (C=O) groups excluding carboxylic acids is 1.